The van der Waals surface area contributed by atoms with E-state index >= 15 is 0 Å². The van der Waals surface area contributed by atoms with Gasteiger partial charge in [-0.3, -0.25) is 13.9 Å². The van der Waals surface area contributed by atoms with Crippen molar-refractivity contribution in [1.29, 1.82) is 0 Å². The lowest BCUT2D eigenvalue weighted by Gasteiger charge is -2.33. The Morgan fingerprint density at radius 1 is 0.930 bits per heavy atom. The van der Waals surface area contributed by atoms with Crippen LogP contribution in [0.15, 0.2) is 82.6 Å². The van der Waals surface area contributed by atoms with Crippen molar-refractivity contribution in [2.45, 2.75) is 63.4 Å². The van der Waals surface area contributed by atoms with Crippen LogP contribution in [0.4, 0.5) is 5.69 Å². The smallest absolute Gasteiger partial charge is 0.264 e. The number of nitrogens with zero attached hydrogens (tertiary/aromatic N) is 2. The minimum atomic E-state index is -4.15. The Balaban J connectivity index is 2.05. The number of carbonyl (C=O) groups is 2. The van der Waals surface area contributed by atoms with E-state index in [-0.39, 0.29) is 23.3 Å². The molecule has 1 N–H and O–H groups in total. The second-order valence-electron chi connectivity index (χ2n) is 10.7. The molecular formula is C33H43N3O5S2. The van der Waals surface area contributed by atoms with Crippen LogP contribution in [0.1, 0.15) is 45.2 Å². The van der Waals surface area contributed by atoms with Gasteiger partial charge in [0.15, 0.2) is 0 Å². The standard InChI is InChI=1S/C33H43N3O5S2/c1-7-31(33(38)34-21-24(3)4)35(22-26-11-9-25(5)10-12-26)32(37)23-36(27-13-15-28(16-14-27)41-8-2)43(39,40)30-19-17-29(42-6)18-20-30/h9-20,24,31H,7-8,21-23H2,1-6H3,(H,34,38). The van der Waals surface area contributed by atoms with Crippen molar-refractivity contribution in [3.63, 3.8) is 0 Å². The molecule has 0 saturated heterocycles. The van der Waals surface area contributed by atoms with Gasteiger partial charge < -0.3 is 15.0 Å². The highest BCUT2D eigenvalue weighted by molar-refractivity contribution is 7.98. The first-order valence-electron chi connectivity index (χ1n) is 14.5. The predicted molar refractivity (Wildman–Crippen MR) is 174 cm³/mol. The number of hydrogen-bond acceptors (Lipinski definition) is 6. The summed E-state index contributed by atoms with van der Waals surface area (Å²) in [7, 11) is -4.15. The van der Waals surface area contributed by atoms with Gasteiger partial charge in [0.25, 0.3) is 10.0 Å². The summed E-state index contributed by atoms with van der Waals surface area (Å²) in [5.41, 5.74) is 2.24. The predicted octanol–water partition coefficient (Wildman–Crippen LogP) is 5.89. The van der Waals surface area contributed by atoms with Crippen LogP contribution in [0.3, 0.4) is 0 Å². The minimum absolute atomic E-state index is 0.0683. The number of sulfonamides is 1. The van der Waals surface area contributed by atoms with Crippen LogP contribution in [-0.2, 0) is 26.2 Å². The summed E-state index contributed by atoms with van der Waals surface area (Å²) in [4.78, 5) is 30.0. The van der Waals surface area contributed by atoms with Crippen LogP contribution < -0.4 is 14.4 Å². The Morgan fingerprint density at radius 2 is 1.56 bits per heavy atom. The normalized spacial score (nSPS) is 12.1. The van der Waals surface area contributed by atoms with Crippen molar-refractivity contribution in [2.24, 2.45) is 5.92 Å². The fourth-order valence-electron chi connectivity index (χ4n) is 4.51. The first-order chi connectivity index (χ1) is 20.5. The van der Waals surface area contributed by atoms with Gasteiger partial charge in [0.2, 0.25) is 11.8 Å². The molecule has 43 heavy (non-hydrogen) atoms. The van der Waals surface area contributed by atoms with E-state index < -0.39 is 28.5 Å². The number of thioether (sulfide) groups is 1. The highest BCUT2D eigenvalue weighted by Crippen LogP contribution is 2.28. The maximum Gasteiger partial charge on any atom is 0.264 e. The summed E-state index contributed by atoms with van der Waals surface area (Å²) in [6.45, 7) is 10.3. The fraction of sp³-hybridized carbons (Fsp3) is 0.394. The van der Waals surface area contributed by atoms with Crippen LogP contribution in [0.2, 0.25) is 0 Å². The van der Waals surface area contributed by atoms with Gasteiger partial charge in [-0.2, -0.15) is 0 Å². The SMILES string of the molecule is CCOc1ccc(N(CC(=O)N(Cc2ccc(C)cc2)C(CC)C(=O)NCC(C)C)S(=O)(=O)c2ccc(SC)cc2)cc1. The zero-order valence-corrected chi connectivity index (χ0v) is 27.5. The molecule has 3 rings (SSSR count). The van der Waals surface area contributed by atoms with E-state index in [4.69, 9.17) is 4.74 Å². The number of aryl methyl sites for hydroxylation is 1. The lowest BCUT2D eigenvalue weighted by molar-refractivity contribution is -0.140. The van der Waals surface area contributed by atoms with Crippen LogP contribution in [0.25, 0.3) is 0 Å². The summed E-state index contributed by atoms with van der Waals surface area (Å²) in [6.07, 6.45) is 2.28. The maximum absolute atomic E-state index is 14.2. The van der Waals surface area contributed by atoms with Gasteiger partial charge in [0.1, 0.15) is 18.3 Å². The maximum atomic E-state index is 14.2. The average molecular weight is 626 g/mol. The Hall–Kier alpha value is -3.50. The van der Waals surface area contributed by atoms with Gasteiger partial charge in [0.05, 0.1) is 17.2 Å². The van der Waals surface area contributed by atoms with Gasteiger partial charge >= 0.3 is 0 Å². The van der Waals surface area contributed by atoms with Gasteiger partial charge in [0, 0.05) is 18.0 Å². The molecule has 0 aliphatic rings. The molecule has 0 fully saturated rings. The second kappa shape index (κ2) is 15.8. The quantitative estimate of drug-likeness (QED) is 0.212. The third-order valence-corrected chi connectivity index (χ3v) is 9.44. The molecule has 0 radical (unpaired) electrons. The van der Waals surface area contributed by atoms with Crippen LogP contribution in [0, 0.1) is 12.8 Å². The number of anilines is 1. The number of ether oxygens (including phenoxy) is 1. The van der Waals surface area contributed by atoms with Crippen molar-refractivity contribution in [2.75, 3.05) is 30.3 Å². The molecule has 3 aromatic carbocycles. The number of nitrogens with one attached hydrogen (secondary N) is 1. The highest BCUT2D eigenvalue weighted by atomic mass is 32.2. The molecule has 0 spiro atoms. The number of amides is 2. The molecule has 10 heteroatoms. The third-order valence-electron chi connectivity index (χ3n) is 6.91. The molecule has 0 aromatic heterocycles. The van der Waals surface area contributed by atoms with Gasteiger partial charge in [-0.05, 0) is 86.5 Å². The van der Waals surface area contributed by atoms with Crippen LogP contribution >= 0.6 is 11.8 Å². The summed E-state index contributed by atoms with van der Waals surface area (Å²) in [6, 6.07) is 20.2. The Morgan fingerprint density at radius 3 is 2.09 bits per heavy atom. The Labute approximate surface area is 260 Å². The zero-order valence-electron chi connectivity index (χ0n) is 25.9. The van der Waals surface area contributed by atoms with Gasteiger partial charge in [-0.1, -0.05) is 50.6 Å². The highest BCUT2D eigenvalue weighted by Gasteiger charge is 2.33. The van der Waals surface area contributed by atoms with E-state index in [1.165, 1.54) is 16.7 Å². The molecule has 0 aliphatic heterocycles. The van der Waals surface area contributed by atoms with Crippen molar-refractivity contribution >= 4 is 39.3 Å². The van der Waals surface area contributed by atoms with Crippen LogP contribution in [0.5, 0.6) is 5.75 Å². The Bertz CT molecular complexity index is 1440. The molecule has 8 nitrogen and oxygen atoms in total. The number of rotatable bonds is 15. The summed E-state index contributed by atoms with van der Waals surface area (Å²) < 4.78 is 34.8. The first kappa shape index (κ1) is 34.0. The number of carbonyl (C=O) groups excluding carboxylic acids is 2. The first-order valence-corrected chi connectivity index (χ1v) is 17.2. The van der Waals surface area contributed by atoms with E-state index in [2.05, 4.69) is 5.32 Å². The lowest BCUT2D eigenvalue weighted by atomic mass is 10.1. The molecule has 3 aromatic rings. The number of hydrogen-bond donors (Lipinski definition) is 1. The molecule has 1 atom stereocenters. The average Bonchev–Trinajstić information content (AvgIpc) is 3.00. The van der Waals surface area contributed by atoms with Gasteiger partial charge in [-0.15, -0.1) is 11.8 Å². The topological polar surface area (TPSA) is 96.0 Å². The van der Waals surface area contributed by atoms with Crippen molar-refractivity contribution in [3.8, 4) is 5.75 Å². The molecule has 2 amide bonds. The minimum Gasteiger partial charge on any atom is -0.494 e. The van der Waals surface area contributed by atoms with Crippen molar-refractivity contribution < 1.29 is 22.7 Å². The molecule has 0 saturated carbocycles. The summed E-state index contributed by atoms with van der Waals surface area (Å²) >= 11 is 1.51. The molecule has 0 bridgehead atoms. The second-order valence-corrected chi connectivity index (χ2v) is 13.4. The molecule has 0 heterocycles. The Kier molecular flexibility index (Phi) is 12.5. The summed E-state index contributed by atoms with van der Waals surface area (Å²) in [5, 5.41) is 2.95. The molecule has 1 unspecified atom stereocenters. The third kappa shape index (κ3) is 9.24. The van der Waals surface area contributed by atoms with Crippen molar-refractivity contribution in [1.82, 2.24) is 10.2 Å². The molecular weight excluding hydrogens is 583 g/mol. The monoisotopic (exact) mass is 625 g/mol. The van der Waals surface area contributed by atoms with E-state index in [9.17, 15) is 18.0 Å². The number of benzene rings is 3. The van der Waals surface area contributed by atoms with Crippen molar-refractivity contribution in [3.05, 3.63) is 83.9 Å². The summed E-state index contributed by atoms with van der Waals surface area (Å²) in [5.74, 6) is 0.0821. The van der Waals surface area contributed by atoms with E-state index in [0.29, 0.717) is 31.0 Å². The molecule has 0 aliphatic carbocycles. The fourth-order valence-corrected chi connectivity index (χ4v) is 6.33. The lowest BCUT2D eigenvalue weighted by Crippen LogP contribution is -2.52. The molecule has 232 valence electrons. The largest absolute Gasteiger partial charge is 0.494 e. The van der Waals surface area contributed by atoms with E-state index in [0.717, 1.165) is 20.3 Å². The van der Waals surface area contributed by atoms with Crippen LogP contribution in [-0.4, -0.2) is 57.1 Å². The zero-order chi connectivity index (χ0) is 31.6. The van der Waals surface area contributed by atoms with Gasteiger partial charge in [-0.25, -0.2) is 8.42 Å². The van der Waals surface area contributed by atoms with E-state index in [1.54, 1.807) is 48.5 Å². The van der Waals surface area contributed by atoms with E-state index in [1.807, 2.05) is 65.1 Å².